The second-order valence-corrected chi connectivity index (χ2v) is 6.51. The van der Waals surface area contributed by atoms with Crippen molar-refractivity contribution in [1.82, 2.24) is 0 Å². The Morgan fingerprint density at radius 2 is 1.72 bits per heavy atom. The number of benzene rings is 1. The Bertz CT molecular complexity index is 548. The zero-order chi connectivity index (χ0) is 14.1. The number of hydrogen-bond donors (Lipinski definition) is 0. The van der Waals surface area contributed by atoms with Crippen molar-refractivity contribution in [1.29, 1.82) is 0 Å². The summed E-state index contributed by atoms with van der Waals surface area (Å²) in [4.78, 5) is 11.3. The van der Waals surface area contributed by atoms with Crippen molar-refractivity contribution in [2.45, 2.75) is 26.8 Å². The molecule has 0 aliphatic heterocycles. The van der Waals surface area contributed by atoms with E-state index in [-0.39, 0.29) is 0 Å². The summed E-state index contributed by atoms with van der Waals surface area (Å²) in [6, 6.07) is 4.50. The molecule has 0 bridgehead atoms. The van der Waals surface area contributed by atoms with E-state index in [9.17, 15) is 13.2 Å². The van der Waals surface area contributed by atoms with Gasteiger partial charge in [0.1, 0.15) is 6.04 Å². The van der Waals surface area contributed by atoms with Crippen molar-refractivity contribution in [3.8, 4) is 0 Å². The lowest BCUT2D eigenvalue weighted by Crippen LogP contribution is -2.42. The van der Waals surface area contributed by atoms with Crippen molar-refractivity contribution in [3.05, 3.63) is 29.3 Å². The second kappa shape index (κ2) is 5.28. The highest BCUT2D eigenvalue weighted by Crippen LogP contribution is 2.29. The molecule has 1 aromatic carbocycles. The fourth-order valence-electron chi connectivity index (χ4n) is 1.89. The summed E-state index contributed by atoms with van der Waals surface area (Å²) >= 11 is 5.44. The number of sulfonamides is 1. The molecule has 0 saturated heterocycles. The van der Waals surface area contributed by atoms with Gasteiger partial charge in [-0.3, -0.25) is 9.10 Å². The van der Waals surface area contributed by atoms with Crippen molar-refractivity contribution >= 4 is 32.6 Å². The van der Waals surface area contributed by atoms with E-state index in [2.05, 4.69) is 0 Å². The monoisotopic (exact) mass is 289 g/mol. The van der Waals surface area contributed by atoms with Crippen LogP contribution in [0.15, 0.2) is 18.2 Å². The molecule has 0 aliphatic carbocycles. The van der Waals surface area contributed by atoms with Crippen molar-refractivity contribution in [2.24, 2.45) is 0 Å². The van der Waals surface area contributed by atoms with E-state index in [1.807, 2.05) is 6.07 Å². The first-order valence-corrected chi connectivity index (χ1v) is 7.64. The third-order valence-corrected chi connectivity index (χ3v) is 4.23. The highest BCUT2D eigenvalue weighted by Gasteiger charge is 2.29. The number of carbonyl (C=O) groups is 1. The number of anilines is 1. The van der Waals surface area contributed by atoms with Gasteiger partial charge in [-0.1, -0.05) is 18.2 Å². The van der Waals surface area contributed by atoms with Crippen LogP contribution in [0.4, 0.5) is 5.69 Å². The van der Waals surface area contributed by atoms with Gasteiger partial charge in [-0.05, 0) is 43.5 Å². The smallest absolute Gasteiger partial charge is 0.245 e. The number of nitrogens with zero attached hydrogens (tertiary/aromatic N) is 1. The van der Waals surface area contributed by atoms with Crippen LogP contribution in [0.25, 0.3) is 0 Å². The molecule has 1 atom stereocenters. The van der Waals surface area contributed by atoms with Crippen LogP contribution >= 0.6 is 11.6 Å². The van der Waals surface area contributed by atoms with Gasteiger partial charge >= 0.3 is 0 Å². The number of aryl methyl sites for hydroxylation is 2. The number of para-hydroxylation sites is 1. The minimum absolute atomic E-state index is 0.515. The van der Waals surface area contributed by atoms with Gasteiger partial charge in [-0.15, -0.1) is 0 Å². The molecule has 0 N–H and O–H groups in total. The van der Waals surface area contributed by atoms with E-state index >= 15 is 0 Å². The predicted octanol–water partition coefficient (Wildman–Crippen LogP) is 2.22. The van der Waals surface area contributed by atoms with Crippen LogP contribution < -0.4 is 4.31 Å². The average Bonchev–Trinajstić information content (AvgIpc) is 2.20. The number of rotatable bonds is 4. The molecular weight excluding hydrogens is 274 g/mol. The Labute approximate surface area is 113 Å². The van der Waals surface area contributed by atoms with E-state index in [0.717, 1.165) is 21.7 Å². The van der Waals surface area contributed by atoms with Gasteiger partial charge in [0.05, 0.1) is 11.9 Å². The summed E-state index contributed by atoms with van der Waals surface area (Å²) < 4.78 is 24.9. The van der Waals surface area contributed by atoms with Crippen LogP contribution in [0.2, 0.25) is 0 Å². The largest absolute Gasteiger partial charge is 0.279 e. The van der Waals surface area contributed by atoms with Crippen molar-refractivity contribution in [2.75, 3.05) is 10.6 Å². The molecular formula is C12H16ClNO3S. The normalized spacial score (nSPS) is 13.2. The molecule has 0 heterocycles. The third kappa shape index (κ3) is 3.03. The quantitative estimate of drug-likeness (QED) is 0.799. The van der Waals surface area contributed by atoms with Gasteiger partial charge in [-0.2, -0.15) is 0 Å². The first-order chi connectivity index (χ1) is 8.16. The van der Waals surface area contributed by atoms with Gasteiger partial charge < -0.3 is 0 Å². The lowest BCUT2D eigenvalue weighted by Gasteiger charge is -2.29. The molecule has 100 valence electrons. The summed E-state index contributed by atoms with van der Waals surface area (Å²) in [5.74, 6) is 0. The predicted molar refractivity (Wildman–Crippen MR) is 73.6 cm³/mol. The standard InChI is InChI=1S/C12H16ClNO3S/c1-8-6-5-7-9(2)11(8)14(18(4,16)17)10(3)12(13)15/h5-7,10H,1-4H3. The SMILES string of the molecule is Cc1cccc(C)c1N(C(C)C(=O)Cl)S(C)(=O)=O. The Morgan fingerprint density at radius 1 is 1.28 bits per heavy atom. The van der Waals surface area contributed by atoms with E-state index in [1.54, 1.807) is 26.0 Å². The summed E-state index contributed by atoms with van der Waals surface area (Å²) in [5.41, 5.74) is 2.08. The highest BCUT2D eigenvalue weighted by atomic mass is 35.5. The molecule has 1 unspecified atom stereocenters. The summed E-state index contributed by atoms with van der Waals surface area (Å²) in [6.07, 6.45) is 1.06. The van der Waals surface area contributed by atoms with Gasteiger partial charge in [0, 0.05) is 0 Å². The van der Waals surface area contributed by atoms with E-state index in [1.165, 1.54) is 6.92 Å². The zero-order valence-electron chi connectivity index (χ0n) is 10.8. The Balaban J connectivity index is 3.51. The minimum Gasteiger partial charge on any atom is -0.279 e. The molecule has 6 heteroatoms. The maximum Gasteiger partial charge on any atom is 0.245 e. The Kier molecular flexibility index (Phi) is 4.40. The molecule has 4 nitrogen and oxygen atoms in total. The van der Waals surface area contributed by atoms with Crippen LogP contribution in [-0.4, -0.2) is 26.0 Å². The first kappa shape index (κ1) is 15.0. The lowest BCUT2D eigenvalue weighted by atomic mass is 10.1. The summed E-state index contributed by atoms with van der Waals surface area (Å²) in [5, 5.41) is -0.705. The van der Waals surface area contributed by atoms with E-state index in [4.69, 9.17) is 11.6 Å². The second-order valence-electron chi connectivity index (χ2n) is 4.28. The van der Waals surface area contributed by atoms with Gasteiger partial charge in [0.15, 0.2) is 0 Å². The molecule has 0 radical (unpaired) electrons. The zero-order valence-corrected chi connectivity index (χ0v) is 12.3. The maximum absolute atomic E-state index is 11.9. The molecule has 1 rings (SSSR count). The fraction of sp³-hybridized carbons (Fsp3) is 0.417. The van der Waals surface area contributed by atoms with E-state index < -0.39 is 21.3 Å². The topological polar surface area (TPSA) is 54.5 Å². The van der Waals surface area contributed by atoms with Gasteiger partial charge in [0.25, 0.3) is 0 Å². The molecule has 0 spiro atoms. The summed E-state index contributed by atoms with van der Waals surface area (Å²) in [6.45, 7) is 5.07. The van der Waals surface area contributed by atoms with Gasteiger partial charge in [-0.25, -0.2) is 8.42 Å². The van der Waals surface area contributed by atoms with Crippen molar-refractivity contribution < 1.29 is 13.2 Å². The van der Waals surface area contributed by atoms with Crippen LogP contribution in [0, 0.1) is 13.8 Å². The molecule has 0 fully saturated rings. The first-order valence-electron chi connectivity index (χ1n) is 5.41. The lowest BCUT2D eigenvalue weighted by molar-refractivity contribution is -0.112. The van der Waals surface area contributed by atoms with Crippen molar-refractivity contribution in [3.63, 3.8) is 0 Å². The van der Waals surface area contributed by atoms with Crippen LogP contribution in [0.1, 0.15) is 18.1 Å². The number of carbonyl (C=O) groups excluding carboxylic acids is 1. The molecule has 0 aliphatic rings. The minimum atomic E-state index is -3.58. The maximum atomic E-state index is 11.9. The average molecular weight is 290 g/mol. The Hall–Kier alpha value is -1.07. The Morgan fingerprint density at radius 3 is 2.06 bits per heavy atom. The number of halogens is 1. The van der Waals surface area contributed by atoms with Crippen LogP contribution in [-0.2, 0) is 14.8 Å². The third-order valence-electron chi connectivity index (χ3n) is 2.70. The van der Waals surface area contributed by atoms with Crippen LogP contribution in [0.5, 0.6) is 0 Å². The summed E-state index contributed by atoms with van der Waals surface area (Å²) in [7, 11) is -3.58. The van der Waals surface area contributed by atoms with Gasteiger partial charge in [0.2, 0.25) is 15.3 Å². The molecule has 1 aromatic rings. The molecule has 0 amide bonds. The molecule has 0 aromatic heterocycles. The molecule has 18 heavy (non-hydrogen) atoms. The van der Waals surface area contributed by atoms with E-state index in [0.29, 0.717) is 5.69 Å². The van der Waals surface area contributed by atoms with Crippen LogP contribution in [0.3, 0.4) is 0 Å². The fourth-order valence-corrected chi connectivity index (χ4v) is 3.34. The highest BCUT2D eigenvalue weighted by molar-refractivity contribution is 7.92. The number of hydrogen-bond acceptors (Lipinski definition) is 3. The molecule has 0 saturated carbocycles.